The average molecular weight is 395 g/mol. The molecule has 1 aliphatic rings. The number of H-pyrrole nitrogens is 2. The van der Waals surface area contributed by atoms with Crippen LogP contribution in [0.2, 0.25) is 0 Å². The van der Waals surface area contributed by atoms with Gasteiger partial charge in [-0.15, -0.1) is 0 Å². The molecule has 30 heavy (non-hydrogen) atoms. The summed E-state index contributed by atoms with van der Waals surface area (Å²) in [7, 11) is 0. The third-order valence-electron chi connectivity index (χ3n) is 5.80. The Hall–Kier alpha value is -3.74. The number of nitrogens with zero attached hydrogens (tertiary/aromatic N) is 5. The van der Waals surface area contributed by atoms with Crippen molar-refractivity contribution in [2.45, 2.75) is 19.3 Å². The first-order valence-electron chi connectivity index (χ1n) is 10.4. The molecule has 0 aliphatic carbocycles. The van der Waals surface area contributed by atoms with Crippen LogP contribution < -0.4 is 4.90 Å². The van der Waals surface area contributed by atoms with Crippen LogP contribution in [-0.4, -0.2) is 43.2 Å². The van der Waals surface area contributed by atoms with Gasteiger partial charge in [0.2, 0.25) is 0 Å². The van der Waals surface area contributed by atoms with Gasteiger partial charge in [0.15, 0.2) is 0 Å². The first kappa shape index (κ1) is 17.1. The molecule has 1 fully saturated rings. The molecule has 7 heteroatoms. The van der Waals surface area contributed by atoms with Crippen molar-refractivity contribution >= 4 is 27.8 Å². The quantitative estimate of drug-likeness (QED) is 0.468. The topological polar surface area (TPSA) is 86.4 Å². The molecular formula is C23H21N7. The fourth-order valence-corrected chi connectivity index (χ4v) is 4.29. The van der Waals surface area contributed by atoms with Crippen molar-refractivity contribution in [3.8, 4) is 22.8 Å². The molecule has 6 rings (SSSR count). The van der Waals surface area contributed by atoms with E-state index < -0.39 is 0 Å². The number of anilines is 1. The van der Waals surface area contributed by atoms with E-state index in [0.29, 0.717) is 0 Å². The molecular weight excluding hydrogens is 374 g/mol. The number of rotatable bonds is 3. The predicted octanol–water partition coefficient (Wildman–Crippen LogP) is 4.55. The molecule has 2 N–H and O–H groups in total. The number of hydrogen-bond donors (Lipinski definition) is 2. The van der Waals surface area contributed by atoms with Gasteiger partial charge in [-0.25, -0.2) is 9.97 Å². The third-order valence-corrected chi connectivity index (χ3v) is 5.80. The summed E-state index contributed by atoms with van der Waals surface area (Å²) in [6.07, 6.45) is 7.46. The van der Waals surface area contributed by atoms with Crippen molar-refractivity contribution in [3.05, 3.63) is 54.9 Å². The second-order valence-corrected chi connectivity index (χ2v) is 7.70. The summed E-state index contributed by atoms with van der Waals surface area (Å²) >= 11 is 0. The molecule has 0 amide bonds. The summed E-state index contributed by atoms with van der Waals surface area (Å²) < 4.78 is 0. The maximum Gasteiger partial charge on any atom is 0.139 e. The highest BCUT2D eigenvalue weighted by Crippen LogP contribution is 2.33. The van der Waals surface area contributed by atoms with Gasteiger partial charge in [0, 0.05) is 36.6 Å². The smallest absolute Gasteiger partial charge is 0.139 e. The lowest BCUT2D eigenvalue weighted by Crippen LogP contribution is -2.29. The number of piperidine rings is 1. The van der Waals surface area contributed by atoms with Gasteiger partial charge in [0.05, 0.1) is 22.6 Å². The van der Waals surface area contributed by atoms with E-state index in [1.54, 1.807) is 6.20 Å². The molecule has 5 aromatic heterocycles. The van der Waals surface area contributed by atoms with Crippen LogP contribution in [0.1, 0.15) is 19.3 Å². The van der Waals surface area contributed by atoms with Gasteiger partial charge in [-0.2, -0.15) is 5.10 Å². The molecule has 7 nitrogen and oxygen atoms in total. The minimum atomic E-state index is 0.797. The fourth-order valence-electron chi connectivity index (χ4n) is 4.29. The van der Waals surface area contributed by atoms with Crippen LogP contribution in [0, 0.1) is 0 Å². The lowest BCUT2D eigenvalue weighted by Gasteiger charge is -2.29. The third kappa shape index (κ3) is 2.82. The Morgan fingerprint density at radius 2 is 1.80 bits per heavy atom. The molecule has 0 aromatic carbocycles. The highest BCUT2D eigenvalue weighted by molar-refractivity contribution is 5.97. The first-order chi connectivity index (χ1) is 14.9. The van der Waals surface area contributed by atoms with Crippen LogP contribution in [0.3, 0.4) is 0 Å². The summed E-state index contributed by atoms with van der Waals surface area (Å²) in [6.45, 7) is 2.19. The maximum atomic E-state index is 4.86. The Kier molecular flexibility index (Phi) is 3.97. The van der Waals surface area contributed by atoms with E-state index in [1.165, 1.54) is 24.9 Å². The minimum Gasteiger partial charge on any atom is -0.371 e. The lowest BCUT2D eigenvalue weighted by atomic mass is 10.1. The zero-order valence-electron chi connectivity index (χ0n) is 16.5. The maximum absolute atomic E-state index is 4.86. The largest absolute Gasteiger partial charge is 0.371 e. The molecule has 0 spiro atoms. The van der Waals surface area contributed by atoms with Gasteiger partial charge in [0.25, 0.3) is 0 Å². The Morgan fingerprint density at radius 1 is 0.867 bits per heavy atom. The van der Waals surface area contributed by atoms with E-state index in [4.69, 9.17) is 4.98 Å². The Morgan fingerprint density at radius 3 is 2.67 bits per heavy atom. The molecule has 0 saturated carbocycles. The molecule has 1 saturated heterocycles. The molecule has 1 aliphatic heterocycles. The summed E-state index contributed by atoms with van der Waals surface area (Å²) in [5.41, 5.74) is 7.22. The van der Waals surface area contributed by atoms with Crippen LogP contribution in [-0.2, 0) is 0 Å². The molecule has 0 atom stereocenters. The van der Waals surface area contributed by atoms with Crippen LogP contribution in [0.5, 0.6) is 0 Å². The molecule has 0 bridgehead atoms. The predicted molar refractivity (Wildman–Crippen MR) is 118 cm³/mol. The van der Waals surface area contributed by atoms with Gasteiger partial charge in [-0.05, 0) is 55.7 Å². The van der Waals surface area contributed by atoms with E-state index in [-0.39, 0.29) is 0 Å². The van der Waals surface area contributed by atoms with Crippen molar-refractivity contribution in [3.63, 3.8) is 0 Å². The van der Waals surface area contributed by atoms with E-state index in [2.05, 4.69) is 42.2 Å². The highest BCUT2D eigenvalue weighted by atomic mass is 15.1. The lowest BCUT2D eigenvalue weighted by molar-refractivity contribution is 0.579. The van der Waals surface area contributed by atoms with Crippen molar-refractivity contribution < 1.29 is 0 Å². The summed E-state index contributed by atoms with van der Waals surface area (Å²) in [4.78, 5) is 19.8. The van der Waals surface area contributed by atoms with Crippen molar-refractivity contribution in [1.29, 1.82) is 0 Å². The van der Waals surface area contributed by atoms with Crippen molar-refractivity contribution in [2.75, 3.05) is 18.0 Å². The normalized spacial score (nSPS) is 14.6. The number of pyridine rings is 3. The number of aromatic amines is 2. The Bertz CT molecular complexity index is 1330. The van der Waals surface area contributed by atoms with Crippen LogP contribution in [0.15, 0.2) is 54.9 Å². The van der Waals surface area contributed by atoms with Crippen molar-refractivity contribution in [1.82, 2.24) is 30.1 Å². The molecule has 6 heterocycles. The van der Waals surface area contributed by atoms with Crippen LogP contribution >= 0.6 is 0 Å². The van der Waals surface area contributed by atoms with E-state index >= 15 is 0 Å². The first-order valence-corrected chi connectivity index (χ1v) is 10.4. The highest BCUT2D eigenvalue weighted by Gasteiger charge is 2.18. The Balaban J connectivity index is 1.47. The molecule has 0 unspecified atom stereocenters. The van der Waals surface area contributed by atoms with E-state index in [9.17, 15) is 0 Å². The zero-order chi connectivity index (χ0) is 19.9. The van der Waals surface area contributed by atoms with E-state index in [0.717, 1.165) is 57.9 Å². The number of nitrogens with one attached hydrogen (secondary N) is 2. The second-order valence-electron chi connectivity index (χ2n) is 7.70. The van der Waals surface area contributed by atoms with Crippen LogP contribution in [0.25, 0.3) is 44.8 Å². The van der Waals surface area contributed by atoms with Crippen LogP contribution in [0.4, 0.5) is 5.69 Å². The van der Waals surface area contributed by atoms with E-state index in [1.807, 2.05) is 36.5 Å². The van der Waals surface area contributed by atoms with Gasteiger partial charge in [0.1, 0.15) is 16.9 Å². The number of aromatic nitrogens is 6. The molecule has 0 radical (unpaired) electrons. The van der Waals surface area contributed by atoms with Gasteiger partial charge < -0.3 is 9.88 Å². The zero-order valence-corrected chi connectivity index (χ0v) is 16.5. The molecule has 148 valence electrons. The summed E-state index contributed by atoms with van der Waals surface area (Å²) in [5.74, 6) is 0. The summed E-state index contributed by atoms with van der Waals surface area (Å²) in [5, 5.41) is 8.79. The average Bonchev–Trinajstić information content (AvgIpc) is 3.43. The fraction of sp³-hybridized carbons (Fsp3) is 0.217. The Labute approximate surface area is 173 Å². The number of hydrogen-bond acceptors (Lipinski definition) is 5. The molecule has 5 aromatic rings. The van der Waals surface area contributed by atoms with Gasteiger partial charge in [-0.3, -0.25) is 10.1 Å². The second kappa shape index (κ2) is 6.95. The minimum absolute atomic E-state index is 0.797. The summed E-state index contributed by atoms with van der Waals surface area (Å²) in [6, 6.07) is 14.1. The standard InChI is InChI=1S/C23H21N7/c1-4-12-30(13-5-1)20-9-11-25-23-15(20)14-19(27-23)22-21-18(28-29-22)8-7-17(26-21)16-6-2-3-10-24-16/h2-3,6-11,14H,1,4-5,12-13H2,(H,25,27)(H,28,29). The monoisotopic (exact) mass is 395 g/mol. The SMILES string of the molecule is c1ccc(-c2ccc3[nH]nc(-c4cc5c(N6CCCCC6)ccnc5[nH]4)c3n2)nc1. The van der Waals surface area contributed by atoms with Gasteiger partial charge in [-0.1, -0.05) is 6.07 Å². The van der Waals surface area contributed by atoms with Gasteiger partial charge >= 0.3 is 0 Å². The number of fused-ring (bicyclic) bond motifs is 2. The van der Waals surface area contributed by atoms with Crippen molar-refractivity contribution in [2.24, 2.45) is 0 Å².